The van der Waals surface area contributed by atoms with Crippen molar-refractivity contribution in [2.75, 3.05) is 0 Å². The number of benzene rings is 3. The van der Waals surface area contributed by atoms with Crippen molar-refractivity contribution in [3.8, 4) is 0 Å². The number of para-hydroxylation sites is 1. The maximum absolute atomic E-state index is 14.4. The van der Waals surface area contributed by atoms with Gasteiger partial charge < -0.3 is 4.43 Å². The van der Waals surface area contributed by atoms with Gasteiger partial charge in [-0.15, -0.1) is 0 Å². The third-order valence-corrected chi connectivity index (χ3v) is 15.8. The van der Waals surface area contributed by atoms with Gasteiger partial charge in [-0.3, -0.25) is 0 Å². The molecule has 0 saturated heterocycles. The molecule has 1 aromatic heterocycles. The fourth-order valence-corrected chi connectivity index (χ4v) is 8.28. The summed E-state index contributed by atoms with van der Waals surface area (Å²) in [5, 5.41) is 1.13. The van der Waals surface area contributed by atoms with Crippen LogP contribution in [-0.2, 0) is 25.4 Å². The van der Waals surface area contributed by atoms with Gasteiger partial charge in [-0.1, -0.05) is 80.9 Å². The van der Waals surface area contributed by atoms with Crippen molar-refractivity contribution in [1.29, 1.82) is 0 Å². The van der Waals surface area contributed by atoms with Crippen molar-refractivity contribution in [3.63, 3.8) is 0 Å². The molecule has 42 heavy (non-hydrogen) atoms. The van der Waals surface area contributed by atoms with E-state index < -0.39 is 46.2 Å². The number of hydrogen-bond acceptors (Lipinski definition) is 4. The summed E-state index contributed by atoms with van der Waals surface area (Å²) in [4.78, 5) is 0.160. The fraction of sp³-hybridized carbons (Fsp3) is 0.375. The Hall–Kier alpha value is -2.27. The molecule has 226 valence electrons. The second-order valence-corrected chi connectivity index (χ2v) is 22.0. The Bertz CT molecular complexity index is 1690. The normalized spacial score (nSPS) is 15.5. The van der Waals surface area contributed by atoms with Gasteiger partial charge in [0, 0.05) is 10.4 Å². The third-order valence-electron chi connectivity index (χ3n) is 7.79. The van der Waals surface area contributed by atoms with Crippen molar-refractivity contribution in [2.45, 2.75) is 81.5 Å². The molecular formula is C32H41ClN2O4S2Si. The SMILES string of the molecule is CC(C)(C)S(=O)NC(c1cc2ccccc2n1S(=O)(=O)c1ccccc1)C(O[Si](C)(C)C(C)(C)C)c1cccc(Cl)c1. The van der Waals surface area contributed by atoms with Crippen LogP contribution >= 0.6 is 11.6 Å². The Balaban J connectivity index is 2.07. The zero-order chi connectivity index (χ0) is 31.1. The Kier molecular flexibility index (Phi) is 9.34. The molecule has 0 fully saturated rings. The average Bonchev–Trinajstić information content (AvgIpc) is 3.30. The predicted octanol–water partition coefficient (Wildman–Crippen LogP) is 8.39. The highest BCUT2D eigenvalue weighted by Gasteiger charge is 2.44. The summed E-state index contributed by atoms with van der Waals surface area (Å²) in [6.07, 6.45) is -0.704. The van der Waals surface area contributed by atoms with E-state index in [9.17, 15) is 12.6 Å². The van der Waals surface area contributed by atoms with Gasteiger partial charge in [0.2, 0.25) is 0 Å². The number of rotatable bonds is 9. The molecular weight excluding hydrogens is 604 g/mol. The number of fused-ring (bicyclic) bond motifs is 1. The van der Waals surface area contributed by atoms with Gasteiger partial charge in [0.15, 0.2) is 8.32 Å². The lowest BCUT2D eigenvalue weighted by molar-refractivity contribution is 0.146. The molecule has 6 nitrogen and oxygen atoms in total. The molecule has 4 aromatic rings. The van der Waals surface area contributed by atoms with E-state index in [1.165, 1.54) is 3.97 Å². The molecule has 4 rings (SSSR count). The third kappa shape index (κ3) is 6.77. The summed E-state index contributed by atoms with van der Waals surface area (Å²) in [6.45, 7) is 16.4. The average molecular weight is 645 g/mol. The minimum absolute atomic E-state index is 0.152. The predicted molar refractivity (Wildman–Crippen MR) is 177 cm³/mol. The van der Waals surface area contributed by atoms with E-state index in [1.54, 1.807) is 42.5 Å². The molecule has 0 saturated carbocycles. The Morgan fingerprint density at radius 1 is 0.881 bits per heavy atom. The van der Waals surface area contributed by atoms with Crippen LogP contribution in [-0.4, -0.2) is 29.7 Å². The molecule has 3 unspecified atom stereocenters. The lowest BCUT2D eigenvalue weighted by Gasteiger charge is -2.42. The Morgan fingerprint density at radius 2 is 1.50 bits per heavy atom. The highest BCUT2D eigenvalue weighted by atomic mass is 35.5. The van der Waals surface area contributed by atoms with Crippen LogP contribution in [0.3, 0.4) is 0 Å². The molecule has 0 amide bonds. The summed E-state index contributed by atoms with van der Waals surface area (Å²) >= 11 is 6.50. The molecule has 1 N–H and O–H groups in total. The second-order valence-electron chi connectivity index (χ2n) is 13.0. The van der Waals surface area contributed by atoms with Gasteiger partial charge in [-0.05, 0) is 80.9 Å². The van der Waals surface area contributed by atoms with Crippen LogP contribution in [0.5, 0.6) is 0 Å². The maximum Gasteiger partial charge on any atom is 0.268 e. The lowest BCUT2D eigenvalue weighted by atomic mass is 10.0. The summed E-state index contributed by atoms with van der Waals surface area (Å²) < 4.78 is 53.8. The Labute approximate surface area is 259 Å². The zero-order valence-corrected chi connectivity index (χ0v) is 28.9. The van der Waals surface area contributed by atoms with Gasteiger partial charge in [-0.25, -0.2) is 21.3 Å². The van der Waals surface area contributed by atoms with Gasteiger partial charge in [0.1, 0.15) is 0 Å². The number of nitrogens with zero attached hydrogens (tertiary/aromatic N) is 1. The first-order valence-electron chi connectivity index (χ1n) is 14.0. The van der Waals surface area contributed by atoms with Crippen LogP contribution in [0.4, 0.5) is 0 Å². The van der Waals surface area contributed by atoms with E-state index >= 15 is 0 Å². The first-order chi connectivity index (χ1) is 19.4. The Morgan fingerprint density at radius 3 is 2.10 bits per heavy atom. The smallest absolute Gasteiger partial charge is 0.268 e. The van der Waals surface area contributed by atoms with Gasteiger partial charge in [-0.2, -0.15) is 0 Å². The number of aromatic nitrogens is 1. The van der Waals surface area contributed by atoms with Gasteiger partial charge >= 0.3 is 0 Å². The standard InChI is InChI=1S/C32H41ClN2O4S2Si/c1-31(2,3)40(36)34-29(30(24-16-14-17-25(33)21-24)39-42(7,8)32(4,5)6)28-22-23-15-12-13-20-27(23)35(28)41(37,38)26-18-10-9-11-19-26/h9-22,29-30,34H,1-8H3. The van der Waals surface area contributed by atoms with Crippen LogP contribution in [0.1, 0.15) is 64.9 Å². The zero-order valence-electron chi connectivity index (χ0n) is 25.5. The molecule has 0 aliphatic carbocycles. The molecule has 0 aliphatic heterocycles. The lowest BCUT2D eigenvalue weighted by Crippen LogP contribution is -2.46. The van der Waals surface area contributed by atoms with E-state index in [2.05, 4.69) is 38.6 Å². The summed E-state index contributed by atoms with van der Waals surface area (Å²) in [6, 6.07) is 24.2. The highest BCUT2D eigenvalue weighted by Crippen LogP contribution is 2.45. The first kappa shape index (κ1) is 32.6. The topological polar surface area (TPSA) is 77.4 Å². The van der Waals surface area contributed by atoms with Crippen molar-refractivity contribution >= 4 is 51.8 Å². The minimum Gasteiger partial charge on any atom is -0.408 e. The highest BCUT2D eigenvalue weighted by molar-refractivity contribution is 7.90. The molecule has 1 heterocycles. The number of halogens is 1. The molecule has 10 heteroatoms. The second kappa shape index (κ2) is 12.0. The van der Waals surface area contributed by atoms with Crippen LogP contribution < -0.4 is 4.72 Å². The quantitative estimate of drug-likeness (QED) is 0.186. The number of nitrogens with one attached hydrogen (secondary N) is 1. The van der Waals surface area contributed by atoms with E-state index in [0.29, 0.717) is 16.2 Å². The monoisotopic (exact) mass is 644 g/mol. The van der Waals surface area contributed by atoms with Crippen LogP contribution in [0.2, 0.25) is 23.2 Å². The summed E-state index contributed by atoms with van der Waals surface area (Å²) in [5.74, 6) is 0. The van der Waals surface area contributed by atoms with Gasteiger partial charge in [0.25, 0.3) is 10.0 Å². The molecule has 0 radical (unpaired) electrons. The summed E-state index contributed by atoms with van der Waals surface area (Å²) in [5.41, 5.74) is 1.73. The molecule has 3 aromatic carbocycles. The number of hydrogen-bond donors (Lipinski definition) is 1. The molecule has 0 aliphatic rings. The van der Waals surface area contributed by atoms with E-state index in [1.807, 2.05) is 63.2 Å². The van der Waals surface area contributed by atoms with Crippen LogP contribution in [0.15, 0.2) is 89.8 Å². The van der Waals surface area contributed by atoms with Crippen LogP contribution in [0.25, 0.3) is 10.9 Å². The molecule has 0 spiro atoms. The van der Waals surface area contributed by atoms with Crippen molar-refractivity contribution in [3.05, 3.63) is 101 Å². The molecule has 3 atom stereocenters. The van der Waals surface area contributed by atoms with Crippen molar-refractivity contribution in [2.24, 2.45) is 0 Å². The largest absolute Gasteiger partial charge is 0.408 e. The maximum atomic E-state index is 14.4. The van der Waals surface area contributed by atoms with Crippen molar-refractivity contribution < 1.29 is 17.1 Å². The van der Waals surface area contributed by atoms with Gasteiger partial charge in [0.05, 0.1) is 44.0 Å². The van der Waals surface area contributed by atoms with E-state index in [4.69, 9.17) is 16.0 Å². The van der Waals surface area contributed by atoms with E-state index in [-0.39, 0.29) is 9.93 Å². The van der Waals surface area contributed by atoms with E-state index in [0.717, 1.165) is 10.9 Å². The molecule has 0 bridgehead atoms. The first-order valence-corrected chi connectivity index (χ1v) is 19.8. The summed E-state index contributed by atoms with van der Waals surface area (Å²) in [7, 11) is -8.10. The fourth-order valence-electron chi connectivity index (χ4n) is 4.41. The van der Waals surface area contributed by atoms with Crippen LogP contribution in [0, 0.1) is 0 Å². The van der Waals surface area contributed by atoms with Crippen molar-refractivity contribution in [1.82, 2.24) is 8.69 Å². The minimum atomic E-state index is -4.06.